The van der Waals surface area contributed by atoms with E-state index in [1.807, 2.05) is 29.0 Å². The molecule has 3 aromatic heterocycles. The van der Waals surface area contributed by atoms with Crippen LogP contribution in [-0.4, -0.2) is 10.9 Å². The second-order valence-electron chi connectivity index (χ2n) is 5.82. The van der Waals surface area contributed by atoms with Crippen LogP contribution in [0, 0.1) is 0 Å². The van der Waals surface area contributed by atoms with Gasteiger partial charge in [-0.05, 0) is 35.0 Å². The molecule has 1 atom stereocenters. The van der Waals surface area contributed by atoms with Crippen molar-refractivity contribution in [2.24, 2.45) is 0 Å². The summed E-state index contributed by atoms with van der Waals surface area (Å²) in [4.78, 5) is 26.8. The number of benzene rings is 1. The number of fused-ring (bicyclic) bond motifs is 1. The average Bonchev–Trinajstić information content (AvgIpc) is 3.34. The summed E-state index contributed by atoms with van der Waals surface area (Å²) in [6.07, 6.45) is 0.0949. The maximum Gasteiger partial charge on any atom is 0.343 e. The first-order valence-electron chi connectivity index (χ1n) is 8.00. The molecule has 0 aliphatic heterocycles. The molecule has 4 aromatic rings. The van der Waals surface area contributed by atoms with Crippen LogP contribution in [0.25, 0.3) is 11.0 Å². The van der Waals surface area contributed by atoms with Crippen LogP contribution >= 0.6 is 22.7 Å². The first-order valence-corrected chi connectivity index (χ1v) is 9.76. The molecule has 4 rings (SSSR count). The van der Waals surface area contributed by atoms with E-state index in [-0.39, 0.29) is 23.5 Å². The Morgan fingerprint density at radius 2 is 1.81 bits per heavy atom. The lowest BCUT2D eigenvalue weighted by Gasteiger charge is -2.16. The van der Waals surface area contributed by atoms with E-state index in [4.69, 9.17) is 4.42 Å². The van der Waals surface area contributed by atoms with Gasteiger partial charge in [-0.25, -0.2) is 4.79 Å². The van der Waals surface area contributed by atoms with Crippen LogP contribution < -0.4 is 5.63 Å². The van der Waals surface area contributed by atoms with Gasteiger partial charge in [0.15, 0.2) is 5.78 Å². The summed E-state index contributed by atoms with van der Waals surface area (Å²) in [5.74, 6) is -0.731. The number of para-hydroxylation sites is 1. The normalized spacial score (nSPS) is 12.3. The summed E-state index contributed by atoms with van der Waals surface area (Å²) < 4.78 is 5.41. The predicted octanol–water partition coefficient (Wildman–Crippen LogP) is 5.03. The van der Waals surface area contributed by atoms with Gasteiger partial charge in [0.05, 0.1) is 15.8 Å². The number of hydrogen-bond donors (Lipinski definition) is 1. The van der Waals surface area contributed by atoms with Crippen molar-refractivity contribution in [2.75, 3.05) is 0 Å². The zero-order valence-corrected chi connectivity index (χ0v) is 15.2. The first kappa shape index (κ1) is 16.8. The quantitative estimate of drug-likeness (QED) is 0.388. The molecule has 0 aliphatic carbocycles. The Balaban J connectivity index is 1.86. The largest absolute Gasteiger partial charge is 0.507 e. The Morgan fingerprint density at radius 3 is 2.54 bits per heavy atom. The predicted molar refractivity (Wildman–Crippen MR) is 104 cm³/mol. The molecule has 0 radical (unpaired) electrons. The van der Waals surface area contributed by atoms with Crippen molar-refractivity contribution in [1.82, 2.24) is 0 Å². The fraction of sp³-hybridized carbons (Fsp3) is 0.100. The van der Waals surface area contributed by atoms with Crippen molar-refractivity contribution in [3.63, 3.8) is 0 Å². The van der Waals surface area contributed by atoms with Crippen molar-refractivity contribution in [3.05, 3.63) is 85.0 Å². The van der Waals surface area contributed by atoms with E-state index in [0.717, 1.165) is 4.88 Å². The Kier molecular flexibility index (Phi) is 4.44. The number of aromatic hydroxyl groups is 1. The third-order valence-corrected chi connectivity index (χ3v) is 6.14. The van der Waals surface area contributed by atoms with Crippen LogP contribution in [0.1, 0.15) is 32.5 Å². The summed E-state index contributed by atoms with van der Waals surface area (Å²) in [5, 5.41) is 15.0. The monoisotopic (exact) mass is 382 g/mol. The van der Waals surface area contributed by atoms with E-state index in [1.54, 1.807) is 30.3 Å². The fourth-order valence-electron chi connectivity index (χ4n) is 3.01. The lowest BCUT2D eigenvalue weighted by molar-refractivity contribution is 0.0981. The molecule has 0 aliphatic rings. The molecule has 6 heteroatoms. The Labute approximate surface area is 157 Å². The molecule has 0 saturated carbocycles. The highest BCUT2D eigenvalue weighted by Gasteiger charge is 2.28. The summed E-state index contributed by atoms with van der Waals surface area (Å²) in [6, 6.07) is 14.2. The molecule has 26 heavy (non-hydrogen) atoms. The maximum absolute atomic E-state index is 12.7. The van der Waals surface area contributed by atoms with Gasteiger partial charge in [-0.15, -0.1) is 22.7 Å². The van der Waals surface area contributed by atoms with Crippen molar-refractivity contribution in [2.45, 2.75) is 12.3 Å². The summed E-state index contributed by atoms with van der Waals surface area (Å²) in [7, 11) is 0. The number of Topliss-reactive ketones (excluding diaryl/α,β-unsaturated/α-hetero) is 1. The van der Waals surface area contributed by atoms with Gasteiger partial charge in [-0.3, -0.25) is 4.79 Å². The van der Waals surface area contributed by atoms with E-state index >= 15 is 0 Å². The minimum absolute atomic E-state index is 0.0645. The second-order valence-corrected chi connectivity index (χ2v) is 7.75. The lowest BCUT2D eigenvalue weighted by Crippen LogP contribution is -2.16. The molecule has 1 N–H and O–H groups in total. The highest BCUT2D eigenvalue weighted by atomic mass is 32.1. The summed E-state index contributed by atoms with van der Waals surface area (Å²) in [6.45, 7) is 0. The number of rotatable bonds is 5. The van der Waals surface area contributed by atoms with Crippen LogP contribution in [0.4, 0.5) is 0 Å². The van der Waals surface area contributed by atoms with E-state index < -0.39 is 11.5 Å². The van der Waals surface area contributed by atoms with Gasteiger partial charge in [0.2, 0.25) is 0 Å². The maximum atomic E-state index is 12.7. The van der Waals surface area contributed by atoms with Crippen LogP contribution in [0.5, 0.6) is 5.75 Å². The zero-order chi connectivity index (χ0) is 18.1. The molecule has 1 aromatic carbocycles. The Morgan fingerprint density at radius 1 is 1.04 bits per heavy atom. The van der Waals surface area contributed by atoms with Crippen LogP contribution in [0.15, 0.2) is 68.5 Å². The van der Waals surface area contributed by atoms with Gasteiger partial charge < -0.3 is 9.52 Å². The van der Waals surface area contributed by atoms with Crippen LogP contribution in [0.2, 0.25) is 0 Å². The Hall–Kier alpha value is -2.70. The van der Waals surface area contributed by atoms with E-state index in [1.165, 1.54) is 22.7 Å². The number of ketones is 1. The highest BCUT2D eigenvalue weighted by molar-refractivity contribution is 7.12. The molecule has 0 bridgehead atoms. The molecule has 4 nitrogen and oxygen atoms in total. The Bertz CT molecular complexity index is 1110. The minimum atomic E-state index is -0.612. The van der Waals surface area contributed by atoms with E-state index in [2.05, 4.69) is 0 Å². The summed E-state index contributed by atoms with van der Waals surface area (Å²) in [5.41, 5.74) is -0.150. The zero-order valence-electron chi connectivity index (χ0n) is 13.5. The van der Waals surface area contributed by atoms with Crippen LogP contribution in [0.3, 0.4) is 0 Å². The standard InChI is InChI=1S/C20H14O4S2/c21-14(17-8-4-10-26-17)11-13(16-7-3-9-25-16)18-19(22)12-5-1-2-6-15(12)24-20(18)23/h1-10,13,22H,11H2/t13-/m1/s1. The minimum Gasteiger partial charge on any atom is -0.507 e. The smallest absolute Gasteiger partial charge is 0.343 e. The van der Waals surface area contributed by atoms with Gasteiger partial charge in [0.25, 0.3) is 0 Å². The molecular formula is C20H14O4S2. The SMILES string of the molecule is O=C(C[C@H](c1cccs1)c1c(O)c2ccccc2oc1=O)c1cccs1. The average molecular weight is 382 g/mol. The van der Waals surface area contributed by atoms with Gasteiger partial charge in [0, 0.05) is 17.2 Å². The lowest BCUT2D eigenvalue weighted by atomic mass is 9.91. The third kappa shape index (κ3) is 2.98. The van der Waals surface area contributed by atoms with Crippen molar-refractivity contribution >= 4 is 39.4 Å². The van der Waals surface area contributed by atoms with Gasteiger partial charge >= 0.3 is 5.63 Å². The summed E-state index contributed by atoms with van der Waals surface area (Å²) >= 11 is 2.81. The molecule has 3 heterocycles. The number of carbonyl (C=O) groups excluding carboxylic acids is 1. The molecule has 0 fully saturated rings. The molecule has 130 valence electrons. The van der Waals surface area contributed by atoms with E-state index in [9.17, 15) is 14.7 Å². The number of thiophene rings is 2. The van der Waals surface area contributed by atoms with Crippen molar-refractivity contribution in [1.29, 1.82) is 0 Å². The molecule has 0 unspecified atom stereocenters. The van der Waals surface area contributed by atoms with Gasteiger partial charge in [0.1, 0.15) is 11.3 Å². The van der Waals surface area contributed by atoms with Crippen molar-refractivity contribution < 1.29 is 14.3 Å². The third-order valence-electron chi connectivity index (χ3n) is 4.24. The molecule has 0 spiro atoms. The van der Waals surface area contributed by atoms with Crippen LogP contribution in [-0.2, 0) is 0 Å². The topological polar surface area (TPSA) is 67.5 Å². The highest BCUT2D eigenvalue weighted by Crippen LogP contribution is 2.38. The first-order chi connectivity index (χ1) is 12.6. The van der Waals surface area contributed by atoms with E-state index in [0.29, 0.717) is 15.8 Å². The van der Waals surface area contributed by atoms with Gasteiger partial charge in [-0.1, -0.05) is 24.3 Å². The number of hydrogen-bond acceptors (Lipinski definition) is 6. The molecular weight excluding hydrogens is 368 g/mol. The second kappa shape index (κ2) is 6.90. The van der Waals surface area contributed by atoms with Gasteiger partial charge in [-0.2, -0.15) is 0 Å². The number of carbonyl (C=O) groups is 1. The molecule has 0 amide bonds. The van der Waals surface area contributed by atoms with Crippen molar-refractivity contribution in [3.8, 4) is 5.75 Å². The molecule has 0 saturated heterocycles. The fourth-order valence-corrected chi connectivity index (χ4v) is 4.53.